The summed E-state index contributed by atoms with van der Waals surface area (Å²) in [7, 11) is -1.88. The first kappa shape index (κ1) is 18.2. The highest BCUT2D eigenvalue weighted by atomic mass is 32.2. The molecule has 0 aliphatic carbocycles. The predicted molar refractivity (Wildman–Crippen MR) is 83.7 cm³/mol. The minimum absolute atomic E-state index is 0.101. The Balaban J connectivity index is 2.60. The van der Waals surface area contributed by atoms with Crippen LogP contribution in [-0.2, 0) is 21.3 Å². The number of hydrogen-bond donors (Lipinski definition) is 2. The molecule has 1 aromatic rings. The second kappa shape index (κ2) is 8.53. The van der Waals surface area contributed by atoms with Crippen LogP contribution in [0.3, 0.4) is 0 Å². The fourth-order valence-electron chi connectivity index (χ4n) is 1.79. The molecule has 2 N–H and O–H groups in total. The lowest BCUT2D eigenvalue weighted by atomic mass is 10.4. The van der Waals surface area contributed by atoms with Crippen molar-refractivity contribution in [2.75, 3.05) is 26.7 Å². The Morgan fingerprint density at radius 1 is 1.43 bits per heavy atom. The average molecular weight is 317 g/mol. The second-order valence-corrected chi connectivity index (χ2v) is 7.33. The normalized spacial score (nSPS) is 12.5. The summed E-state index contributed by atoms with van der Waals surface area (Å²) in [5, 5.41) is 3.23. The SMILES string of the molecule is CCCNCc1cc(S(=O)(=O)N(C)CCOC(C)C)c[nH]1. The number of likely N-dealkylation sites (N-methyl/N-ethyl adjacent to an activating group) is 1. The summed E-state index contributed by atoms with van der Waals surface area (Å²) >= 11 is 0. The van der Waals surface area contributed by atoms with E-state index in [2.05, 4.69) is 17.2 Å². The Morgan fingerprint density at radius 2 is 2.14 bits per heavy atom. The van der Waals surface area contributed by atoms with E-state index in [0.29, 0.717) is 24.6 Å². The number of hydrogen-bond acceptors (Lipinski definition) is 4. The standard InChI is InChI=1S/C14H27N3O3S/c1-5-6-15-10-13-9-14(11-16-13)21(18,19)17(4)7-8-20-12(2)3/h9,11-12,15-16H,5-8,10H2,1-4H3. The topological polar surface area (TPSA) is 74.4 Å². The van der Waals surface area contributed by atoms with Crippen LogP contribution in [0.25, 0.3) is 0 Å². The maximum absolute atomic E-state index is 12.4. The van der Waals surface area contributed by atoms with E-state index in [9.17, 15) is 8.42 Å². The van der Waals surface area contributed by atoms with Crippen LogP contribution >= 0.6 is 0 Å². The van der Waals surface area contributed by atoms with Gasteiger partial charge in [0.2, 0.25) is 10.0 Å². The molecule has 21 heavy (non-hydrogen) atoms. The summed E-state index contributed by atoms with van der Waals surface area (Å²) in [6, 6.07) is 1.68. The summed E-state index contributed by atoms with van der Waals surface area (Å²) in [5.41, 5.74) is 0.869. The van der Waals surface area contributed by atoms with Crippen molar-refractivity contribution in [2.45, 2.75) is 44.7 Å². The van der Waals surface area contributed by atoms with Gasteiger partial charge in [-0.1, -0.05) is 6.92 Å². The van der Waals surface area contributed by atoms with Gasteiger partial charge in [-0.15, -0.1) is 0 Å². The molecule has 0 radical (unpaired) electrons. The van der Waals surface area contributed by atoms with E-state index in [1.807, 2.05) is 13.8 Å². The first-order valence-corrected chi connectivity index (χ1v) is 8.78. The Bertz CT molecular complexity index is 511. The Morgan fingerprint density at radius 3 is 2.76 bits per heavy atom. The molecule has 0 spiro atoms. The molecule has 0 unspecified atom stereocenters. The van der Waals surface area contributed by atoms with Gasteiger partial charge in [-0.05, 0) is 32.9 Å². The van der Waals surface area contributed by atoms with Crippen LogP contribution in [0.2, 0.25) is 0 Å². The van der Waals surface area contributed by atoms with E-state index in [1.165, 1.54) is 10.5 Å². The maximum atomic E-state index is 12.4. The van der Waals surface area contributed by atoms with Crippen LogP contribution in [0.15, 0.2) is 17.2 Å². The van der Waals surface area contributed by atoms with Crippen molar-refractivity contribution in [3.8, 4) is 0 Å². The zero-order valence-corrected chi connectivity index (χ0v) is 14.2. The number of aromatic amines is 1. The molecule has 0 saturated heterocycles. The van der Waals surface area contributed by atoms with Crippen molar-refractivity contribution < 1.29 is 13.2 Å². The Kier molecular flexibility index (Phi) is 7.37. The summed E-state index contributed by atoms with van der Waals surface area (Å²) in [6.45, 7) is 8.23. The van der Waals surface area contributed by atoms with Gasteiger partial charge in [0.05, 0.1) is 17.6 Å². The van der Waals surface area contributed by atoms with Crippen molar-refractivity contribution in [3.63, 3.8) is 0 Å². The summed E-state index contributed by atoms with van der Waals surface area (Å²) in [5.74, 6) is 0. The zero-order valence-electron chi connectivity index (χ0n) is 13.3. The van der Waals surface area contributed by atoms with Crippen LogP contribution in [0.4, 0.5) is 0 Å². The van der Waals surface area contributed by atoms with Crippen LogP contribution in [0.1, 0.15) is 32.9 Å². The number of aromatic nitrogens is 1. The van der Waals surface area contributed by atoms with Gasteiger partial charge < -0.3 is 15.0 Å². The highest BCUT2D eigenvalue weighted by Gasteiger charge is 2.21. The number of nitrogens with one attached hydrogen (secondary N) is 2. The molecule has 7 heteroatoms. The molecule has 0 atom stereocenters. The van der Waals surface area contributed by atoms with E-state index in [1.54, 1.807) is 13.1 Å². The third kappa shape index (κ3) is 5.78. The number of sulfonamides is 1. The van der Waals surface area contributed by atoms with E-state index >= 15 is 0 Å². The quantitative estimate of drug-likeness (QED) is 0.642. The maximum Gasteiger partial charge on any atom is 0.244 e. The number of ether oxygens (including phenoxy) is 1. The molecule has 0 saturated carbocycles. The van der Waals surface area contributed by atoms with E-state index < -0.39 is 10.0 Å². The Hall–Kier alpha value is -0.890. The third-order valence-electron chi connectivity index (χ3n) is 3.02. The highest BCUT2D eigenvalue weighted by Crippen LogP contribution is 2.15. The summed E-state index contributed by atoms with van der Waals surface area (Å²) < 4.78 is 31.5. The lowest BCUT2D eigenvalue weighted by Gasteiger charge is -2.17. The van der Waals surface area contributed by atoms with Gasteiger partial charge in [-0.3, -0.25) is 0 Å². The fraction of sp³-hybridized carbons (Fsp3) is 0.714. The molecule has 122 valence electrons. The molecule has 6 nitrogen and oxygen atoms in total. The smallest absolute Gasteiger partial charge is 0.244 e. The Labute approximate surface area is 127 Å². The van der Waals surface area contributed by atoms with E-state index in [0.717, 1.165) is 18.7 Å². The first-order chi connectivity index (χ1) is 9.87. The van der Waals surface area contributed by atoms with E-state index in [4.69, 9.17) is 4.74 Å². The molecule has 0 aromatic carbocycles. The highest BCUT2D eigenvalue weighted by molar-refractivity contribution is 7.89. The van der Waals surface area contributed by atoms with Crippen molar-refractivity contribution in [1.82, 2.24) is 14.6 Å². The zero-order chi connectivity index (χ0) is 15.9. The molecule has 0 aliphatic heterocycles. The molecule has 1 heterocycles. The monoisotopic (exact) mass is 317 g/mol. The second-order valence-electron chi connectivity index (χ2n) is 5.28. The molecule has 1 aromatic heterocycles. The van der Waals surface area contributed by atoms with Crippen LogP contribution < -0.4 is 5.32 Å². The van der Waals surface area contributed by atoms with Crippen LogP contribution in [-0.4, -0.2) is 50.6 Å². The van der Waals surface area contributed by atoms with Crippen molar-refractivity contribution in [1.29, 1.82) is 0 Å². The van der Waals surface area contributed by atoms with Gasteiger partial charge >= 0.3 is 0 Å². The fourth-order valence-corrected chi connectivity index (χ4v) is 2.96. The summed E-state index contributed by atoms with van der Waals surface area (Å²) in [4.78, 5) is 3.29. The number of nitrogens with zero attached hydrogens (tertiary/aromatic N) is 1. The largest absolute Gasteiger partial charge is 0.377 e. The van der Waals surface area contributed by atoms with Crippen molar-refractivity contribution >= 4 is 10.0 Å². The lowest BCUT2D eigenvalue weighted by molar-refractivity contribution is 0.0737. The number of rotatable bonds is 10. The van der Waals surface area contributed by atoms with Gasteiger partial charge in [0, 0.05) is 32.0 Å². The molecular weight excluding hydrogens is 290 g/mol. The molecular formula is C14H27N3O3S. The minimum Gasteiger partial charge on any atom is -0.377 e. The summed E-state index contributed by atoms with van der Waals surface area (Å²) in [6.07, 6.45) is 2.69. The third-order valence-corrected chi connectivity index (χ3v) is 4.86. The molecule has 0 amide bonds. The van der Waals surface area contributed by atoms with E-state index in [-0.39, 0.29) is 6.10 Å². The van der Waals surface area contributed by atoms with Crippen molar-refractivity contribution in [3.05, 3.63) is 18.0 Å². The number of H-pyrrole nitrogens is 1. The first-order valence-electron chi connectivity index (χ1n) is 7.34. The minimum atomic E-state index is -3.45. The van der Waals surface area contributed by atoms with Gasteiger partial charge in [-0.2, -0.15) is 4.31 Å². The van der Waals surface area contributed by atoms with Gasteiger partial charge in [0.1, 0.15) is 0 Å². The molecule has 0 aliphatic rings. The molecule has 0 fully saturated rings. The van der Waals surface area contributed by atoms with Gasteiger partial charge in [-0.25, -0.2) is 8.42 Å². The van der Waals surface area contributed by atoms with Gasteiger partial charge in [0.25, 0.3) is 0 Å². The molecule has 1 rings (SSSR count). The average Bonchev–Trinajstić information content (AvgIpc) is 2.88. The van der Waals surface area contributed by atoms with Gasteiger partial charge in [0.15, 0.2) is 0 Å². The van der Waals surface area contributed by atoms with Crippen molar-refractivity contribution in [2.24, 2.45) is 0 Å². The predicted octanol–water partition coefficient (Wildman–Crippen LogP) is 1.56. The molecule has 0 bridgehead atoms. The van der Waals surface area contributed by atoms with Crippen LogP contribution in [0, 0.1) is 0 Å². The lowest BCUT2D eigenvalue weighted by Crippen LogP contribution is -2.30. The van der Waals surface area contributed by atoms with Crippen LogP contribution in [0.5, 0.6) is 0 Å².